The summed E-state index contributed by atoms with van der Waals surface area (Å²) in [6, 6.07) is 23.2. The number of benzene rings is 3. The molecule has 0 saturated carbocycles. The zero-order chi connectivity index (χ0) is 25.1. The molecular formula is C29H30N4O3. The van der Waals surface area contributed by atoms with E-state index in [1.807, 2.05) is 48.5 Å². The van der Waals surface area contributed by atoms with Gasteiger partial charge < -0.3 is 19.9 Å². The normalized spacial score (nSPS) is 18.1. The molecule has 7 nitrogen and oxygen atoms in total. The fourth-order valence-electron chi connectivity index (χ4n) is 4.72. The number of likely N-dealkylation sites (N-methyl/N-ethyl adjacent to an activating group) is 1. The second-order valence-corrected chi connectivity index (χ2v) is 9.11. The van der Waals surface area contributed by atoms with Crippen molar-refractivity contribution in [2.24, 2.45) is 4.99 Å². The molecule has 1 saturated heterocycles. The van der Waals surface area contributed by atoms with Crippen LogP contribution in [0.4, 0.5) is 17.1 Å². The molecule has 1 atom stereocenters. The van der Waals surface area contributed by atoms with E-state index >= 15 is 0 Å². The lowest BCUT2D eigenvalue weighted by molar-refractivity contribution is -0.115. The molecule has 0 radical (unpaired) electrons. The molecule has 184 valence electrons. The van der Waals surface area contributed by atoms with Gasteiger partial charge in [-0.25, -0.2) is 4.79 Å². The van der Waals surface area contributed by atoms with Gasteiger partial charge in [-0.1, -0.05) is 36.4 Å². The fraction of sp³-hybridized carbons (Fsp3) is 0.276. The lowest BCUT2D eigenvalue weighted by Crippen LogP contribution is -2.44. The molecule has 2 aliphatic rings. The highest BCUT2D eigenvalue weighted by atomic mass is 16.5. The number of carbonyl (C=O) groups is 2. The molecule has 3 aromatic carbocycles. The van der Waals surface area contributed by atoms with Crippen molar-refractivity contribution in [1.29, 1.82) is 0 Å². The summed E-state index contributed by atoms with van der Waals surface area (Å²) in [4.78, 5) is 35.1. The van der Waals surface area contributed by atoms with Crippen molar-refractivity contribution in [3.05, 3.63) is 89.5 Å². The molecule has 1 amide bonds. The van der Waals surface area contributed by atoms with E-state index in [1.54, 1.807) is 19.1 Å². The molecule has 2 heterocycles. The number of carbonyl (C=O) groups excluding carboxylic acids is 2. The SMILES string of the molecule is CCOC(=O)c1ccc2c(c1)NC(=O)C2C(=Nc1ccc(N2CCN(C)CC2)cc1)c1ccccc1. The highest BCUT2D eigenvalue weighted by molar-refractivity contribution is 6.24. The molecule has 0 aromatic heterocycles. The van der Waals surface area contributed by atoms with Crippen molar-refractivity contribution in [2.45, 2.75) is 12.8 Å². The van der Waals surface area contributed by atoms with Gasteiger partial charge in [-0.15, -0.1) is 0 Å². The first-order valence-electron chi connectivity index (χ1n) is 12.3. The number of aliphatic imine (C=N–C) groups is 1. The second kappa shape index (κ2) is 10.3. The lowest BCUT2D eigenvalue weighted by Gasteiger charge is -2.34. The van der Waals surface area contributed by atoms with Crippen LogP contribution in [0.15, 0.2) is 77.8 Å². The van der Waals surface area contributed by atoms with Crippen molar-refractivity contribution >= 4 is 34.7 Å². The molecule has 1 unspecified atom stereocenters. The monoisotopic (exact) mass is 482 g/mol. The topological polar surface area (TPSA) is 74.2 Å². The summed E-state index contributed by atoms with van der Waals surface area (Å²) in [7, 11) is 2.15. The summed E-state index contributed by atoms with van der Waals surface area (Å²) in [5, 5.41) is 2.94. The van der Waals surface area contributed by atoms with Gasteiger partial charge in [-0.3, -0.25) is 9.79 Å². The first-order valence-corrected chi connectivity index (χ1v) is 12.3. The zero-order valence-electron chi connectivity index (χ0n) is 20.6. The Hall–Kier alpha value is -3.97. The van der Waals surface area contributed by atoms with Crippen LogP contribution in [0.1, 0.15) is 34.3 Å². The molecule has 7 heteroatoms. The van der Waals surface area contributed by atoms with Crippen LogP contribution in [0.25, 0.3) is 0 Å². The maximum absolute atomic E-state index is 13.2. The van der Waals surface area contributed by atoms with Crippen LogP contribution < -0.4 is 10.2 Å². The Morgan fingerprint density at radius 3 is 2.39 bits per heavy atom. The number of ether oxygens (including phenoxy) is 1. The van der Waals surface area contributed by atoms with E-state index in [0.717, 1.165) is 43.0 Å². The molecule has 1 N–H and O–H groups in total. The van der Waals surface area contributed by atoms with E-state index in [-0.39, 0.29) is 5.91 Å². The predicted molar refractivity (Wildman–Crippen MR) is 143 cm³/mol. The number of nitrogens with one attached hydrogen (secondary N) is 1. The summed E-state index contributed by atoms with van der Waals surface area (Å²) in [5.74, 6) is -1.16. The van der Waals surface area contributed by atoms with Gasteiger partial charge in [0.25, 0.3) is 0 Å². The van der Waals surface area contributed by atoms with Crippen LogP contribution in [0.3, 0.4) is 0 Å². The number of hydrogen-bond donors (Lipinski definition) is 1. The third-order valence-corrected chi connectivity index (χ3v) is 6.71. The maximum atomic E-state index is 13.2. The highest BCUT2D eigenvalue weighted by Crippen LogP contribution is 2.37. The van der Waals surface area contributed by atoms with Crippen molar-refractivity contribution in [3.8, 4) is 0 Å². The van der Waals surface area contributed by atoms with E-state index in [0.29, 0.717) is 23.6 Å². The maximum Gasteiger partial charge on any atom is 0.338 e. The number of rotatable bonds is 6. The van der Waals surface area contributed by atoms with Gasteiger partial charge in [0.1, 0.15) is 5.92 Å². The van der Waals surface area contributed by atoms with Gasteiger partial charge in [0.05, 0.1) is 23.6 Å². The Balaban J connectivity index is 1.49. The minimum absolute atomic E-state index is 0.164. The number of hydrogen-bond acceptors (Lipinski definition) is 6. The number of nitrogens with zero attached hydrogens (tertiary/aromatic N) is 3. The van der Waals surface area contributed by atoms with Gasteiger partial charge >= 0.3 is 5.97 Å². The van der Waals surface area contributed by atoms with E-state index < -0.39 is 11.9 Å². The van der Waals surface area contributed by atoms with Gasteiger partial charge in [-0.05, 0) is 61.5 Å². The third-order valence-electron chi connectivity index (χ3n) is 6.71. The largest absolute Gasteiger partial charge is 0.462 e. The smallest absolute Gasteiger partial charge is 0.338 e. The molecule has 0 spiro atoms. The highest BCUT2D eigenvalue weighted by Gasteiger charge is 2.36. The van der Waals surface area contributed by atoms with Crippen molar-refractivity contribution < 1.29 is 14.3 Å². The van der Waals surface area contributed by atoms with Crippen LogP contribution in [-0.2, 0) is 9.53 Å². The summed E-state index contributed by atoms with van der Waals surface area (Å²) in [6.07, 6.45) is 0. The number of piperazine rings is 1. The molecule has 36 heavy (non-hydrogen) atoms. The van der Waals surface area contributed by atoms with Crippen molar-refractivity contribution in [1.82, 2.24) is 4.90 Å². The van der Waals surface area contributed by atoms with Crippen LogP contribution in [-0.4, -0.2) is 62.3 Å². The zero-order valence-corrected chi connectivity index (χ0v) is 20.6. The molecular weight excluding hydrogens is 452 g/mol. The van der Waals surface area contributed by atoms with E-state index in [1.165, 1.54) is 5.69 Å². The molecule has 3 aromatic rings. The van der Waals surface area contributed by atoms with Crippen LogP contribution >= 0.6 is 0 Å². The van der Waals surface area contributed by atoms with Crippen LogP contribution in [0.5, 0.6) is 0 Å². The first kappa shape index (κ1) is 23.8. The molecule has 2 aliphatic heterocycles. The minimum atomic E-state index is -0.587. The molecule has 0 bridgehead atoms. The van der Waals surface area contributed by atoms with Gasteiger partial charge in [0.2, 0.25) is 5.91 Å². The molecule has 1 fully saturated rings. The molecule has 5 rings (SSSR count). The average Bonchev–Trinajstić information content (AvgIpc) is 3.23. The quantitative estimate of drug-likeness (QED) is 0.415. The standard InChI is InChI=1S/C29H30N4O3/c1-3-36-29(35)21-9-14-24-25(19-21)31-28(34)26(24)27(20-7-5-4-6-8-20)30-22-10-12-23(13-11-22)33-17-15-32(2)16-18-33/h4-14,19,26H,3,15-18H2,1-2H3,(H,31,34). The predicted octanol–water partition coefficient (Wildman–Crippen LogP) is 4.47. The summed E-state index contributed by atoms with van der Waals surface area (Å²) < 4.78 is 5.11. The Morgan fingerprint density at radius 1 is 0.972 bits per heavy atom. The minimum Gasteiger partial charge on any atom is -0.462 e. The summed E-state index contributed by atoms with van der Waals surface area (Å²) in [6.45, 7) is 6.16. The third kappa shape index (κ3) is 4.88. The number of fused-ring (bicyclic) bond motifs is 1. The number of amides is 1. The second-order valence-electron chi connectivity index (χ2n) is 9.11. The van der Waals surface area contributed by atoms with E-state index in [2.05, 4.69) is 34.3 Å². The van der Waals surface area contributed by atoms with Crippen molar-refractivity contribution in [2.75, 3.05) is 50.1 Å². The number of esters is 1. The van der Waals surface area contributed by atoms with Crippen LogP contribution in [0.2, 0.25) is 0 Å². The van der Waals surface area contributed by atoms with E-state index in [4.69, 9.17) is 9.73 Å². The van der Waals surface area contributed by atoms with Crippen molar-refractivity contribution in [3.63, 3.8) is 0 Å². The Morgan fingerprint density at radius 2 is 1.69 bits per heavy atom. The van der Waals surface area contributed by atoms with Gasteiger partial charge in [-0.2, -0.15) is 0 Å². The summed E-state index contributed by atoms with van der Waals surface area (Å²) >= 11 is 0. The Kier molecular flexibility index (Phi) is 6.82. The van der Waals surface area contributed by atoms with Gasteiger partial charge in [0.15, 0.2) is 0 Å². The fourth-order valence-corrected chi connectivity index (χ4v) is 4.72. The summed E-state index contributed by atoms with van der Waals surface area (Å²) in [5.41, 5.74) is 5.34. The lowest BCUT2D eigenvalue weighted by atomic mass is 9.90. The Bertz CT molecular complexity index is 1280. The number of anilines is 2. The van der Waals surface area contributed by atoms with Crippen LogP contribution in [0, 0.1) is 0 Å². The first-order chi connectivity index (χ1) is 17.5. The van der Waals surface area contributed by atoms with E-state index in [9.17, 15) is 9.59 Å². The average molecular weight is 483 g/mol. The molecule has 0 aliphatic carbocycles. The Labute approximate surface area is 211 Å². The van der Waals surface area contributed by atoms with Gasteiger partial charge in [0, 0.05) is 37.6 Å².